The minimum Gasteiger partial charge on any atom is -0.395 e. The topological polar surface area (TPSA) is 113 Å². The maximum absolute atomic E-state index is 13.3. The summed E-state index contributed by atoms with van der Waals surface area (Å²) in [6.45, 7) is 2.34. The molecule has 0 unspecified atom stereocenters. The normalized spacial score (nSPS) is 15.3. The van der Waals surface area contributed by atoms with Crippen LogP contribution in [0.1, 0.15) is 30.0 Å². The Morgan fingerprint density at radius 3 is 2.91 bits per heavy atom. The molecule has 0 spiro atoms. The molecule has 180 valence electrons. The van der Waals surface area contributed by atoms with E-state index in [1.807, 2.05) is 40.9 Å². The minimum atomic E-state index is -0.107. The van der Waals surface area contributed by atoms with Gasteiger partial charge in [-0.25, -0.2) is 19.3 Å². The molecule has 3 aromatic heterocycles. The first-order valence-corrected chi connectivity index (χ1v) is 12.0. The molecule has 4 aromatic rings. The fourth-order valence-electron chi connectivity index (χ4n) is 4.62. The Morgan fingerprint density at radius 1 is 1.20 bits per heavy atom. The smallest absolute Gasteiger partial charge is 0.278 e. The maximum Gasteiger partial charge on any atom is 0.278 e. The Labute approximate surface area is 202 Å². The summed E-state index contributed by atoms with van der Waals surface area (Å²) in [7, 11) is 1.88. The predicted molar refractivity (Wildman–Crippen MR) is 135 cm³/mol. The number of hydrogen-bond acceptors (Lipinski definition) is 8. The lowest BCUT2D eigenvalue weighted by Crippen LogP contribution is -2.24. The van der Waals surface area contributed by atoms with Gasteiger partial charge in [0.05, 0.1) is 12.6 Å². The van der Waals surface area contributed by atoms with E-state index in [1.54, 1.807) is 10.9 Å². The van der Waals surface area contributed by atoms with Gasteiger partial charge in [-0.2, -0.15) is 4.98 Å². The van der Waals surface area contributed by atoms with E-state index in [0.717, 1.165) is 38.0 Å². The Bertz CT molecular complexity index is 1460. The van der Waals surface area contributed by atoms with Crippen LogP contribution in [-0.4, -0.2) is 56.2 Å². The summed E-state index contributed by atoms with van der Waals surface area (Å²) in [5.41, 5.74) is 3.96. The highest BCUT2D eigenvalue weighted by atomic mass is 16.3. The van der Waals surface area contributed by atoms with E-state index in [9.17, 15) is 9.90 Å². The number of fused-ring (bicyclic) bond motifs is 2. The van der Waals surface area contributed by atoms with Crippen molar-refractivity contribution in [3.8, 4) is 5.82 Å². The molecular weight excluding hydrogens is 444 g/mol. The summed E-state index contributed by atoms with van der Waals surface area (Å²) >= 11 is 0. The standard InChI is InChI=1S/C25H28N8O2/c1-31(11-12-34)21-3-2-4-22(29-21)33-23-20(24(35)32(33)19-7-8-19)15-27-25(30-23)28-18-6-5-16-9-10-26-14-17(16)13-18/h2-6,13,15,19,26,34H,7-12,14H2,1H3,(H,27,28,30). The summed E-state index contributed by atoms with van der Waals surface area (Å²) in [6.07, 6.45) is 4.52. The fraction of sp³-hybridized carbons (Fsp3) is 0.360. The number of hydrogen-bond donors (Lipinski definition) is 3. The second kappa shape index (κ2) is 8.79. The van der Waals surface area contributed by atoms with Gasteiger partial charge in [0, 0.05) is 32.0 Å². The average Bonchev–Trinajstić information content (AvgIpc) is 3.68. The highest BCUT2D eigenvalue weighted by molar-refractivity contribution is 5.77. The van der Waals surface area contributed by atoms with E-state index in [2.05, 4.69) is 27.8 Å². The number of anilines is 3. The molecule has 4 heterocycles. The van der Waals surface area contributed by atoms with Gasteiger partial charge in [-0.15, -0.1) is 0 Å². The Morgan fingerprint density at radius 2 is 2.09 bits per heavy atom. The molecule has 1 fully saturated rings. The van der Waals surface area contributed by atoms with Gasteiger partial charge in [0.25, 0.3) is 5.56 Å². The molecule has 0 radical (unpaired) electrons. The number of likely N-dealkylation sites (N-methyl/N-ethyl adjacent to an activating group) is 1. The van der Waals surface area contributed by atoms with Crippen LogP contribution in [-0.2, 0) is 13.0 Å². The van der Waals surface area contributed by atoms with Crippen LogP contribution in [0.2, 0.25) is 0 Å². The third-order valence-electron chi connectivity index (χ3n) is 6.63. The number of aliphatic hydroxyl groups excluding tert-OH is 1. The minimum absolute atomic E-state index is 0.0304. The Hall–Kier alpha value is -3.76. The summed E-state index contributed by atoms with van der Waals surface area (Å²) in [4.78, 5) is 29.2. The van der Waals surface area contributed by atoms with Gasteiger partial charge in [-0.05, 0) is 61.2 Å². The lowest BCUT2D eigenvalue weighted by Gasteiger charge is -2.18. The van der Waals surface area contributed by atoms with Crippen molar-refractivity contribution in [2.45, 2.75) is 31.8 Å². The zero-order valence-corrected chi connectivity index (χ0v) is 19.6. The van der Waals surface area contributed by atoms with Crippen molar-refractivity contribution >= 4 is 28.5 Å². The van der Waals surface area contributed by atoms with Gasteiger partial charge in [0.1, 0.15) is 11.2 Å². The molecule has 0 bridgehead atoms. The van der Waals surface area contributed by atoms with Crippen LogP contribution in [0.4, 0.5) is 17.5 Å². The first kappa shape index (κ1) is 21.8. The number of nitrogens with one attached hydrogen (secondary N) is 2. The molecule has 0 atom stereocenters. The molecule has 1 saturated carbocycles. The van der Waals surface area contributed by atoms with Gasteiger partial charge in [-0.1, -0.05) is 12.1 Å². The molecule has 1 aliphatic heterocycles. The largest absolute Gasteiger partial charge is 0.395 e. The molecule has 0 amide bonds. The Balaban J connectivity index is 1.43. The fourth-order valence-corrected chi connectivity index (χ4v) is 4.62. The van der Waals surface area contributed by atoms with Gasteiger partial charge < -0.3 is 20.6 Å². The molecule has 10 heteroatoms. The highest BCUT2D eigenvalue weighted by Crippen LogP contribution is 2.35. The lowest BCUT2D eigenvalue weighted by molar-refractivity contribution is 0.304. The SMILES string of the molecule is CN(CCO)c1cccc(-n2c3nc(Nc4ccc5c(c4)CNCC5)ncc3c(=O)n2C2CC2)n1. The zero-order chi connectivity index (χ0) is 23.9. The summed E-state index contributed by atoms with van der Waals surface area (Å²) in [5.74, 6) is 1.75. The van der Waals surface area contributed by atoms with Crippen LogP contribution in [0, 0.1) is 0 Å². The van der Waals surface area contributed by atoms with Gasteiger partial charge in [0.15, 0.2) is 11.5 Å². The van der Waals surface area contributed by atoms with Crippen molar-refractivity contribution in [2.24, 2.45) is 0 Å². The molecule has 0 saturated heterocycles. The second-order valence-corrected chi connectivity index (χ2v) is 9.16. The Kier molecular flexibility index (Phi) is 5.46. The molecule has 6 rings (SSSR count). The van der Waals surface area contributed by atoms with E-state index >= 15 is 0 Å². The summed E-state index contributed by atoms with van der Waals surface area (Å²) < 4.78 is 3.57. The van der Waals surface area contributed by atoms with Gasteiger partial charge in [-0.3, -0.25) is 4.79 Å². The van der Waals surface area contributed by atoms with Crippen molar-refractivity contribution in [1.82, 2.24) is 29.6 Å². The summed E-state index contributed by atoms with van der Waals surface area (Å²) in [5, 5.41) is 16.5. The quantitative estimate of drug-likeness (QED) is 0.375. The van der Waals surface area contributed by atoms with E-state index in [0.29, 0.717) is 35.2 Å². The van der Waals surface area contributed by atoms with Crippen LogP contribution < -0.4 is 21.1 Å². The molecule has 2 aliphatic rings. The molecule has 35 heavy (non-hydrogen) atoms. The van der Waals surface area contributed by atoms with Crippen molar-refractivity contribution in [3.63, 3.8) is 0 Å². The van der Waals surface area contributed by atoms with Crippen molar-refractivity contribution in [2.75, 3.05) is 37.0 Å². The monoisotopic (exact) mass is 472 g/mol. The molecule has 10 nitrogen and oxygen atoms in total. The third-order valence-corrected chi connectivity index (χ3v) is 6.63. The van der Waals surface area contributed by atoms with Crippen molar-refractivity contribution < 1.29 is 5.11 Å². The second-order valence-electron chi connectivity index (χ2n) is 9.16. The number of aromatic nitrogens is 5. The molecule has 1 aromatic carbocycles. The van der Waals surface area contributed by atoms with Crippen molar-refractivity contribution in [3.05, 3.63) is 64.1 Å². The predicted octanol–water partition coefficient (Wildman–Crippen LogP) is 2.13. The third kappa shape index (κ3) is 4.04. The average molecular weight is 473 g/mol. The van der Waals surface area contributed by atoms with E-state index < -0.39 is 0 Å². The van der Waals surface area contributed by atoms with E-state index in [-0.39, 0.29) is 18.2 Å². The molecule has 3 N–H and O–H groups in total. The van der Waals surface area contributed by atoms with Crippen molar-refractivity contribution in [1.29, 1.82) is 0 Å². The van der Waals surface area contributed by atoms with E-state index in [1.165, 1.54) is 11.1 Å². The number of pyridine rings is 1. The van der Waals surface area contributed by atoms with E-state index in [4.69, 9.17) is 9.97 Å². The summed E-state index contributed by atoms with van der Waals surface area (Å²) in [6, 6.07) is 12.1. The van der Waals surface area contributed by atoms with Crippen LogP contribution in [0.3, 0.4) is 0 Å². The number of nitrogens with zero attached hydrogens (tertiary/aromatic N) is 6. The van der Waals surface area contributed by atoms with Crippen LogP contribution in [0.5, 0.6) is 0 Å². The number of rotatable bonds is 7. The van der Waals surface area contributed by atoms with Gasteiger partial charge >= 0.3 is 0 Å². The molecular formula is C25H28N8O2. The lowest BCUT2D eigenvalue weighted by atomic mass is 10.0. The van der Waals surface area contributed by atoms with Gasteiger partial charge in [0.2, 0.25) is 5.95 Å². The maximum atomic E-state index is 13.3. The molecule has 1 aliphatic carbocycles. The van der Waals surface area contributed by atoms with Crippen LogP contribution >= 0.6 is 0 Å². The number of aliphatic hydroxyl groups is 1. The first-order valence-electron chi connectivity index (χ1n) is 12.0. The number of benzene rings is 1. The van der Waals surface area contributed by atoms with Crippen LogP contribution in [0.15, 0.2) is 47.4 Å². The first-order chi connectivity index (χ1) is 17.1. The zero-order valence-electron chi connectivity index (χ0n) is 19.6. The van der Waals surface area contributed by atoms with Crippen LogP contribution in [0.25, 0.3) is 16.9 Å². The highest BCUT2D eigenvalue weighted by Gasteiger charge is 2.31.